The lowest BCUT2D eigenvalue weighted by Gasteiger charge is -1.93. The van der Waals surface area contributed by atoms with Gasteiger partial charge < -0.3 is 10.1 Å². The Kier molecular flexibility index (Phi) is 2.19. The topological polar surface area (TPSA) is 66.0 Å². The van der Waals surface area contributed by atoms with Gasteiger partial charge in [-0.05, 0) is 23.6 Å². The summed E-state index contributed by atoms with van der Waals surface area (Å²) in [4.78, 5) is 18.5. The summed E-state index contributed by atoms with van der Waals surface area (Å²) < 4.78 is 0. The summed E-state index contributed by atoms with van der Waals surface area (Å²) in [5.74, 6) is -0.256. The van der Waals surface area contributed by atoms with Gasteiger partial charge in [0.05, 0.1) is 11.1 Å². The van der Waals surface area contributed by atoms with Crippen molar-refractivity contribution >= 4 is 28.3 Å². The fraction of sp³-hybridized carbons (Fsp3) is 0. The van der Waals surface area contributed by atoms with Crippen molar-refractivity contribution in [2.45, 2.75) is 0 Å². The van der Waals surface area contributed by atoms with Gasteiger partial charge in [0.25, 0.3) is 0 Å². The summed E-state index contributed by atoms with van der Waals surface area (Å²) in [6.45, 7) is 0. The molecule has 0 fully saturated rings. The first kappa shape index (κ1) is 10.0. The number of hydrogen-bond acceptors (Lipinski definition) is 3. The molecule has 0 atom stereocenters. The lowest BCUT2D eigenvalue weighted by Crippen LogP contribution is -1.96. The second kappa shape index (κ2) is 3.71. The van der Waals surface area contributed by atoms with Crippen LogP contribution in [-0.2, 0) is 0 Å². The molecule has 0 saturated carbocycles. The lowest BCUT2D eigenvalue weighted by atomic mass is 10.2. The van der Waals surface area contributed by atoms with Crippen LogP contribution in [0.5, 0.6) is 0 Å². The number of carboxylic acids is 1. The average molecular weight is 244 g/mol. The number of fused-ring (bicyclic) bond motifs is 1. The van der Waals surface area contributed by atoms with E-state index >= 15 is 0 Å². The van der Waals surface area contributed by atoms with Gasteiger partial charge in [0.2, 0.25) is 0 Å². The lowest BCUT2D eigenvalue weighted by molar-refractivity contribution is 0.0699. The third-order valence-electron chi connectivity index (χ3n) is 2.54. The molecule has 0 radical (unpaired) electrons. The van der Waals surface area contributed by atoms with Crippen molar-refractivity contribution in [2.24, 2.45) is 0 Å². The molecule has 3 rings (SSSR count). The molecule has 84 valence electrons. The van der Waals surface area contributed by atoms with Crippen LogP contribution in [0.1, 0.15) is 10.4 Å². The molecule has 2 N–H and O–H groups in total. The summed E-state index contributed by atoms with van der Waals surface area (Å²) in [5, 5.41) is 13.0. The number of rotatable bonds is 2. The average Bonchev–Trinajstić information content (AvgIpc) is 2.96. The Morgan fingerprint density at radius 2 is 2.24 bits per heavy atom. The summed E-state index contributed by atoms with van der Waals surface area (Å²) in [6, 6.07) is 7.04. The number of hydrogen-bond donors (Lipinski definition) is 2. The zero-order valence-corrected chi connectivity index (χ0v) is 9.49. The van der Waals surface area contributed by atoms with Crippen molar-refractivity contribution in [3.05, 3.63) is 40.6 Å². The monoisotopic (exact) mass is 244 g/mol. The number of carboxylic acid groups (broad SMARTS) is 1. The van der Waals surface area contributed by atoms with Crippen molar-refractivity contribution in [1.29, 1.82) is 0 Å². The fourth-order valence-corrected chi connectivity index (χ4v) is 2.38. The van der Waals surface area contributed by atoms with Crippen molar-refractivity contribution in [1.82, 2.24) is 9.97 Å². The minimum absolute atomic E-state index is 0.222. The van der Waals surface area contributed by atoms with Crippen LogP contribution in [0.3, 0.4) is 0 Å². The van der Waals surface area contributed by atoms with Gasteiger partial charge in [-0.15, -0.1) is 0 Å². The number of benzene rings is 1. The number of aromatic nitrogens is 2. The number of imidazole rings is 1. The Bertz CT molecular complexity index is 686. The van der Waals surface area contributed by atoms with E-state index in [0.29, 0.717) is 11.3 Å². The smallest absolute Gasteiger partial charge is 0.337 e. The maximum atomic E-state index is 11.1. The minimum Gasteiger partial charge on any atom is -0.478 e. The van der Waals surface area contributed by atoms with E-state index < -0.39 is 5.97 Å². The van der Waals surface area contributed by atoms with Gasteiger partial charge in [0, 0.05) is 10.9 Å². The number of aromatic carboxylic acids is 1. The highest BCUT2D eigenvalue weighted by atomic mass is 32.1. The Balaban J connectivity index is 2.26. The second-order valence-electron chi connectivity index (χ2n) is 3.60. The molecule has 0 aliphatic heterocycles. The van der Waals surface area contributed by atoms with E-state index in [1.54, 1.807) is 23.5 Å². The highest BCUT2D eigenvalue weighted by molar-refractivity contribution is 7.08. The third kappa shape index (κ3) is 1.60. The van der Waals surface area contributed by atoms with Crippen molar-refractivity contribution < 1.29 is 9.90 Å². The first-order chi connectivity index (χ1) is 8.25. The number of nitrogens with one attached hydrogen (secondary N) is 1. The highest BCUT2D eigenvalue weighted by Crippen LogP contribution is 2.24. The van der Waals surface area contributed by atoms with Crippen LogP contribution in [0, 0.1) is 0 Å². The van der Waals surface area contributed by atoms with Gasteiger partial charge in [-0.1, -0.05) is 6.07 Å². The first-order valence-electron chi connectivity index (χ1n) is 5.00. The van der Waals surface area contributed by atoms with Gasteiger partial charge >= 0.3 is 5.97 Å². The molecule has 5 heteroatoms. The third-order valence-corrected chi connectivity index (χ3v) is 3.22. The molecule has 0 amide bonds. The summed E-state index contributed by atoms with van der Waals surface area (Å²) in [6.07, 6.45) is 0. The molecule has 2 aromatic heterocycles. The highest BCUT2D eigenvalue weighted by Gasteiger charge is 2.13. The summed E-state index contributed by atoms with van der Waals surface area (Å²) in [7, 11) is 0. The van der Waals surface area contributed by atoms with Crippen LogP contribution in [0.4, 0.5) is 0 Å². The molecule has 0 aliphatic rings. The molecule has 0 spiro atoms. The zero-order chi connectivity index (χ0) is 11.8. The molecule has 1 aromatic carbocycles. The van der Waals surface area contributed by atoms with Gasteiger partial charge in [-0.25, -0.2) is 9.78 Å². The second-order valence-corrected chi connectivity index (χ2v) is 4.38. The van der Waals surface area contributed by atoms with Crippen LogP contribution < -0.4 is 0 Å². The Labute approximate surface area is 101 Å². The predicted octanol–water partition coefficient (Wildman–Crippen LogP) is 2.99. The molecule has 3 aromatic rings. The Morgan fingerprint density at radius 1 is 1.35 bits per heavy atom. The quantitative estimate of drug-likeness (QED) is 0.728. The number of para-hydroxylation sites is 1. The van der Waals surface area contributed by atoms with Crippen molar-refractivity contribution in [3.8, 4) is 11.4 Å². The molecule has 0 aliphatic carbocycles. The molecular weight excluding hydrogens is 236 g/mol. The SMILES string of the molecule is O=C(O)c1cccc2[nH]c(-c3ccsc3)nc12. The standard InChI is InChI=1S/C12H8N2O2S/c15-12(16)8-2-1-3-9-10(8)14-11(13-9)7-4-5-17-6-7/h1-6H,(H,13,14)(H,15,16). The number of nitrogens with zero attached hydrogens (tertiary/aromatic N) is 1. The van der Waals surface area contributed by atoms with E-state index in [1.165, 1.54) is 0 Å². The first-order valence-corrected chi connectivity index (χ1v) is 5.94. The maximum absolute atomic E-state index is 11.1. The molecule has 17 heavy (non-hydrogen) atoms. The number of thiophene rings is 1. The van der Waals surface area contributed by atoms with E-state index in [-0.39, 0.29) is 5.56 Å². The Hall–Kier alpha value is -2.14. The molecular formula is C12H8N2O2S. The van der Waals surface area contributed by atoms with E-state index in [0.717, 1.165) is 11.1 Å². The normalized spacial score (nSPS) is 10.8. The molecule has 2 heterocycles. The van der Waals surface area contributed by atoms with Crippen molar-refractivity contribution in [2.75, 3.05) is 0 Å². The van der Waals surface area contributed by atoms with Crippen LogP contribution >= 0.6 is 11.3 Å². The predicted molar refractivity (Wildman–Crippen MR) is 66.4 cm³/mol. The van der Waals surface area contributed by atoms with Gasteiger partial charge in [-0.2, -0.15) is 11.3 Å². The van der Waals surface area contributed by atoms with Gasteiger partial charge in [-0.3, -0.25) is 0 Å². The summed E-state index contributed by atoms with van der Waals surface area (Å²) >= 11 is 1.58. The number of H-pyrrole nitrogens is 1. The zero-order valence-electron chi connectivity index (χ0n) is 8.68. The maximum Gasteiger partial charge on any atom is 0.337 e. The van der Waals surface area contributed by atoms with Gasteiger partial charge in [0.1, 0.15) is 11.3 Å². The summed E-state index contributed by atoms with van der Waals surface area (Å²) in [5.41, 5.74) is 2.44. The van der Waals surface area contributed by atoms with Crippen LogP contribution in [0.15, 0.2) is 35.0 Å². The Morgan fingerprint density at radius 3 is 2.94 bits per heavy atom. The van der Waals surface area contributed by atoms with Crippen LogP contribution in [0.25, 0.3) is 22.4 Å². The number of aromatic amines is 1. The molecule has 0 unspecified atom stereocenters. The minimum atomic E-state index is -0.959. The van der Waals surface area contributed by atoms with Crippen molar-refractivity contribution in [3.63, 3.8) is 0 Å². The van der Waals surface area contributed by atoms with E-state index in [4.69, 9.17) is 5.11 Å². The van der Waals surface area contributed by atoms with Crippen LogP contribution in [-0.4, -0.2) is 21.0 Å². The fourth-order valence-electron chi connectivity index (χ4n) is 1.74. The molecule has 4 nitrogen and oxygen atoms in total. The number of carbonyl (C=O) groups is 1. The molecule has 0 bridgehead atoms. The van der Waals surface area contributed by atoms with E-state index in [9.17, 15) is 4.79 Å². The largest absolute Gasteiger partial charge is 0.478 e. The van der Waals surface area contributed by atoms with Crippen LogP contribution in [0.2, 0.25) is 0 Å². The van der Waals surface area contributed by atoms with E-state index in [2.05, 4.69) is 9.97 Å². The van der Waals surface area contributed by atoms with E-state index in [1.807, 2.05) is 22.9 Å². The molecule has 0 saturated heterocycles. The van der Waals surface area contributed by atoms with Gasteiger partial charge in [0.15, 0.2) is 0 Å².